The van der Waals surface area contributed by atoms with Crippen LogP contribution in [-0.2, 0) is 20.7 Å². The molecular weight excluding hydrogens is 228 g/mol. The Labute approximate surface area is 108 Å². The summed E-state index contributed by atoms with van der Waals surface area (Å²) in [6.45, 7) is 4.91. The van der Waals surface area contributed by atoms with E-state index in [1.807, 2.05) is 12.1 Å². The van der Waals surface area contributed by atoms with Crippen molar-refractivity contribution in [1.29, 1.82) is 0 Å². The summed E-state index contributed by atoms with van der Waals surface area (Å²) in [5.74, 6) is -0.309. The number of hydrogen-bond acceptors (Lipinski definition) is 3. The molecular formula is C15H20O3. The second-order valence-electron chi connectivity index (χ2n) is 4.03. The Kier molecular flexibility index (Phi) is 6.15. The van der Waals surface area contributed by atoms with Gasteiger partial charge in [-0.15, -0.1) is 0 Å². The number of benzene rings is 1. The number of carbonyl (C=O) groups excluding carboxylic acids is 1. The number of rotatable bonds is 6. The Morgan fingerprint density at radius 2 is 2.17 bits per heavy atom. The Morgan fingerprint density at radius 3 is 2.83 bits per heavy atom. The molecule has 0 aromatic heterocycles. The maximum absolute atomic E-state index is 11.3. The molecule has 1 rings (SSSR count). The number of aryl methyl sites for hydroxylation is 1. The van der Waals surface area contributed by atoms with E-state index < -0.39 is 0 Å². The van der Waals surface area contributed by atoms with E-state index in [2.05, 4.69) is 13.0 Å². The third-order valence-electron chi connectivity index (χ3n) is 2.56. The third kappa shape index (κ3) is 4.72. The quantitative estimate of drug-likeness (QED) is 0.573. The molecule has 0 N–H and O–H groups in total. The minimum atomic E-state index is -0.309. The summed E-state index contributed by atoms with van der Waals surface area (Å²) in [6, 6.07) is 6.15. The molecule has 0 fully saturated rings. The molecule has 0 bridgehead atoms. The minimum Gasteiger partial charge on any atom is -0.463 e. The second kappa shape index (κ2) is 7.67. The summed E-state index contributed by atoms with van der Waals surface area (Å²) in [5.41, 5.74) is 3.41. The average Bonchev–Trinajstić information content (AvgIpc) is 2.35. The van der Waals surface area contributed by atoms with Crippen molar-refractivity contribution < 1.29 is 14.3 Å². The topological polar surface area (TPSA) is 35.5 Å². The van der Waals surface area contributed by atoms with Crippen molar-refractivity contribution in [3.8, 4) is 0 Å². The van der Waals surface area contributed by atoms with Crippen LogP contribution < -0.4 is 0 Å². The zero-order valence-corrected chi connectivity index (χ0v) is 11.2. The molecule has 0 heterocycles. The van der Waals surface area contributed by atoms with Crippen LogP contribution in [0.5, 0.6) is 0 Å². The summed E-state index contributed by atoms with van der Waals surface area (Å²) in [7, 11) is 1.68. The van der Waals surface area contributed by atoms with Crippen molar-refractivity contribution in [2.24, 2.45) is 0 Å². The second-order valence-corrected chi connectivity index (χ2v) is 4.03. The van der Waals surface area contributed by atoms with Gasteiger partial charge in [0.1, 0.15) is 0 Å². The molecule has 0 radical (unpaired) electrons. The molecule has 0 aliphatic heterocycles. The van der Waals surface area contributed by atoms with Crippen LogP contribution in [0.25, 0.3) is 6.08 Å². The first-order valence-corrected chi connectivity index (χ1v) is 6.10. The summed E-state index contributed by atoms with van der Waals surface area (Å²) in [6.07, 6.45) is 4.09. The van der Waals surface area contributed by atoms with Crippen LogP contribution in [-0.4, -0.2) is 26.3 Å². The summed E-state index contributed by atoms with van der Waals surface area (Å²) >= 11 is 0. The predicted octanol–water partition coefficient (Wildman–Crippen LogP) is 2.76. The first-order valence-electron chi connectivity index (χ1n) is 6.10. The Hall–Kier alpha value is -1.61. The largest absolute Gasteiger partial charge is 0.463 e. The highest BCUT2D eigenvalue weighted by molar-refractivity contribution is 5.87. The maximum Gasteiger partial charge on any atom is 0.330 e. The van der Waals surface area contributed by atoms with Gasteiger partial charge in [-0.1, -0.05) is 23.8 Å². The molecule has 0 unspecified atom stereocenters. The van der Waals surface area contributed by atoms with Crippen LogP contribution in [0.4, 0.5) is 0 Å². The van der Waals surface area contributed by atoms with E-state index in [1.54, 1.807) is 20.1 Å². The maximum atomic E-state index is 11.3. The van der Waals surface area contributed by atoms with Crippen molar-refractivity contribution in [3.05, 3.63) is 41.0 Å². The van der Waals surface area contributed by atoms with Crippen LogP contribution >= 0.6 is 0 Å². The van der Waals surface area contributed by atoms with Crippen molar-refractivity contribution in [2.45, 2.75) is 20.3 Å². The van der Waals surface area contributed by atoms with Crippen LogP contribution in [0.15, 0.2) is 24.3 Å². The van der Waals surface area contributed by atoms with Gasteiger partial charge in [-0.25, -0.2) is 4.79 Å². The Morgan fingerprint density at radius 1 is 1.39 bits per heavy atom. The van der Waals surface area contributed by atoms with Crippen molar-refractivity contribution in [3.63, 3.8) is 0 Å². The fourth-order valence-electron chi connectivity index (χ4n) is 1.67. The summed E-state index contributed by atoms with van der Waals surface area (Å²) in [4.78, 5) is 11.3. The van der Waals surface area contributed by atoms with Crippen LogP contribution in [0.3, 0.4) is 0 Å². The van der Waals surface area contributed by atoms with Crippen LogP contribution in [0.1, 0.15) is 23.6 Å². The molecule has 0 aliphatic rings. The number of ether oxygens (including phenoxy) is 2. The lowest BCUT2D eigenvalue weighted by atomic mass is 10.0. The molecule has 0 atom stereocenters. The van der Waals surface area contributed by atoms with Gasteiger partial charge < -0.3 is 9.47 Å². The first-order chi connectivity index (χ1) is 8.67. The zero-order chi connectivity index (χ0) is 13.4. The van der Waals surface area contributed by atoms with E-state index in [0.29, 0.717) is 13.2 Å². The van der Waals surface area contributed by atoms with Crippen molar-refractivity contribution in [1.82, 2.24) is 0 Å². The molecule has 18 heavy (non-hydrogen) atoms. The molecule has 0 saturated carbocycles. The summed E-state index contributed by atoms with van der Waals surface area (Å²) < 4.78 is 9.95. The average molecular weight is 248 g/mol. The zero-order valence-electron chi connectivity index (χ0n) is 11.2. The fourth-order valence-corrected chi connectivity index (χ4v) is 1.67. The Balaban J connectivity index is 2.83. The number of methoxy groups -OCH3 is 1. The smallest absolute Gasteiger partial charge is 0.330 e. The fraction of sp³-hybridized carbons (Fsp3) is 0.400. The van der Waals surface area contributed by atoms with E-state index in [9.17, 15) is 4.79 Å². The Bertz CT molecular complexity index is 422. The summed E-state index contributed by atoms with van der Waals surface area (Å²) in [5, 5.41) is 0. The number of carbonyl (C=O) groups is 1. The highest BCUT2D eigenvalue weighted by atomic mass is 16.5. The number of hydrogen-bond donors (Lipinski definition) is 0. The van der Waals surface area contributed by atoms with E-state index in [0.717, 1.165) is 12.0 Å². The van der Waals surface area contributed by atoms with Gasteiger partial charge in [0.15, 0.2) is 0 Å². The van der Waals surface area contributed by atoms with Gasteiger partial charge in [-0.3, -0.25) is 0 Å². The minimum absolute atomic E-state index is 0.309. The highest BCUT2D eigenvalue weighted by Gasteiger charge is 2.01. The van der Waals surface area contributed by atoms with Gasteiger partial charge in [0.05, 0.1) is 13.2 Å². The van der Waals surface area contributed by atoms with Gasteiger partial charge in [-0.2, -0.15) is 0 Å². The van der Waals surface area contributed by atoms with Gasteiger partial charge in [0, 0.05) is 13.2 Å². The molecule has 1 aromatic carbocycles. The van der Waals surface area contributed by atoms with Gasteiger partial charge in [0.25, 0.3) is 0 Å². The van der Waals surface area contributed by atoms with E-state index >= 15 is 0 Å². The first kappa shape index (κ1) is 14.5. The molecule has 0 amide bonds. The molecule has 98 valence electrons. The van der Waals surface area contributed by atoms with Crippen LogP contribution in [0, 0.1) is 6.92 Å². The molecule has 3 nitrogen and oxygen atoms in total. The molecule has 0 spiro atoms. The third-order valence-corrected chi connectivity index (χ3v) is 2.56. The van der Waals surface area contributed by atoms with Gasteiger partial charge in [-0.05, 0) is 37.5 Å². The molecule has 0 aliphatic carbocycles. The van der Waals surface area contributed by atoms with E-state index in [4.69, 9.17) is 9.47 Å². The van der Waals surface area contributed by atoms with E-state index in [-0.39, 0.29) is 5.97 Å². The van der Waals surface area contributed by atoms with Crippen molar-refractivity contribution >= 4 is 12.0 Å². The standard InChI is InChI=1S/C15H20O3/c1-4-18-15(16)8-7-13-6-5-12(2)11-14(13)9-10-17-3/h5-8,11H,4,9-10H2,1-3H3/b8-7+. The molecule has 0 saturated heterocycles. The van der Waals surface area contributed by atoms with Gasteiger partial charge in [0.2, 0.25) is 0 Å². The highest BCUT2D eigenvalue weighted by Crippen LogP contribution is 2.14. The van der Waals surface area contributed by atoms with Crippen LogP contribution in [0.2, 0.25) is 0 Å². The lowest BCUT2D eigenvalue weighted by Crippen LogP contribution is -2.00. The molecule has 3 heteroatoms. The molecule has 1 aromatic rings. The monoisotopic (exact) mass is 248 g/mol. The van der Waals surface area contributed by atoms with E-state index in [1.165, 1.54) is 17.2 Å². The van der Waals surface area contributed by atoms with Crippen molar-refractivity contribution in [2.75, 3.05) is 20.3 Å². The normalized spacial score (nSPS) is 10.8. The number of esters is 1. The SMILES string of the molecule is CCOC(=O)/C=C/c1ccc(C)cc1CCOC. The lowest BCUT2D eigenvalue weighted by molar-refractivity contribution is -0.137. The van der Waals surface area contributed by atoms with Gasteiger partial charge >= 0.3 is 5.97 Å². The lowest BCUT2D eigenvalue weighted by Gasteiger charge is -2.07. The predicted molar refractivity (Wildman–Crippen MR) is 72.4 cm³/mol.